The van der Waals surface area contributed by atoms with Gasteiger partial charge in [-0.1, -0.05) is 34.7 Å². The third-order valence-electron chi connectivity index (χ3n) is 6.94. The van der Waals surface area contributed by atoms with Crippen molar-refractivity contribution in [2.75, 3.05) is 38.3 Å². The molecule has 1 amide bonds. The predicted molar refractivity (Wildman–Crippen MR) is 144 cm³/mol. The summed E-state index contributed by atoms with van der Waals surface area (Å²) >= 11 is 2.15. The van der Waals surface area contributed by atoms with Crippen LogP contribution in [0.5, 0.6) is 5.75 Å². The lowest BCUT2D eigenvalue weighted by atomic mass is 9.86. The van der Waals surface area contributed by atoms with Crippen LogP contribution in [-0.2, 0) is 15.1 Å². The lowest BCUT2D eigenvalue weighted by molar-refractivity contribution is -0.140. The number of carbonyl (C=O) groups is 2. The number of hydrogen-bond donors (Lipinski definition) is 2. The minimum Gasteiger partial charge on any atom is -0.492 e. The van der Waals surface area contributed by atoms with Crippen LogP contribution < -0.4 is 10.1 Å². The molecular formula is C27H32IN3O5. The van der Waals surface area contributed by atoms with Crippen LogP contribution in [0, 0.1) is 11.3 Å². The Hall–Kier alpha value is -2.68. The molecule has 1 saturated heterocycles. The Balaban J connectivity index is 0.00000176. The molecule has 1 aliphatic heterocycles. The normalized spacial score (nSPS) is 17.2. The van der Waals surface area contributed by atoms with Gasteiger partial charge >= 0.3 is 5.97 Å². The fourth-order valence-electron chi connectivity index (χ4n) is 4.51. The van der Waals surface area contributed by atoms with E-state index < -0.39 is 17.0 Å². The number of carbonyl (C=O) groups excluding carboxylic acids is 1. The molecule has 0 radical (unpaired) electrons. The molecule has 2 aliphatic rings. The molecule has 2 fully saturated rings. The lowest BCUT2D eigenvalue weighted by Crippen LogP contribution is -2.62. The summed E-state index contributed by atoms with van der Waals surface area (Å²) in [6, 6.07) is 15.8. The smallest absolute Gasteiger partial charge is 0.335 e. The van der Waals surface area contributed by atoms with Gasteiger partial charge in [0.05, 0.1) is 22.7 Å². The second-order valence-electron chi connectivity index (χ2n) is 8.97. The van der Waals surface area contributed by atoms with E-state index in [0.717, 1.165) is 18.4 Å². The van der Waals surface area contributed by atoms with Crippen LogP contribution in [0.3, 0.4) is 0 Å². The third-order valence-corrected chi connectivity index (χ3v) is 6.94. The predicted octanol–water partition coefficient (Wildman–Crippen LogP) is 3.97. The molecule has 0 aromatic heterocycles. The standard InChI is InChI=1S/C26H29N3O5.CH3I/c1-29(14-17-34-22-8-2-19(18-27)3-9-22)26(12-15-33-16-13-26)24(32)28-25(10-11-25)21-6-4-20(5-7-21)23(30)31;1-2/h2-9H,10-17H2,1H3,(H,28,32)(H,30,31);1H3. The van der Waals surface area contributed by atoms with Gasteiger partial charge in [0.25, 0.3) is 0 Å². The molecule has 2 aromatic carbocycles. The fraction of sp³-hybridized carbons (Fsp3) is 0.444. The average Bonchev–Trinajstić information content (AvgIpc) is 3.71. The number of nitrogens with one attached hydrogen (secondary N) is 1. The Bertz CT molecular complexity index is 1070. The number of ether oxygens (including phenoxy) is 2. The third kappa shape index (κ3) is 6.35. The molecule has 9 heteroatoms. The van der Waals surface area contributed by atoms with Crippen molar-refractivity contribution in [1.82, 2.24) is 10.2 Å². The average molecular weight is 605 g/mol. The Labute approximate surface area is 225 Å². The van der Waals surface area contributed by atoms with Crippen molar-refractivity contribution < 1.29 is 24.2 Å². The number of likely N-dealkylation sites (N-methyl/N-ethyl adjacent to an activating group) is 1. The van der Waals surface area contributed by atoms with E-state index in [-0.39, 0.29) is 11.5 Å². The molecule has 4 rings (SSSR count). The number of halogens is 1. The highest BCUT2D eigenvalue weighted by Gasteiger charge is 2.51. The number of carboxylic acid groups (broad SMARTS) is 1. The van der Waals surface area contributed by atoms with Crippen LogP contribution in [0.4, 0.5) is 0 Å². The van der Waals surface area contributed by atoms with E-state index in [1.165, 1.54) is 0 Å². The molecule has 8 nitrogen and oxygen atoms in total. The van der Waals surface area contributed by atoms with Gasteiger partial charge in [-0.15, -0.1) is 0 Å². The molecule has 0 spiro atoms. The van der Waals surface area contributed by atoms with E-state index in [2.05, 4.69) is 38.9 Å². The molecule has 0 bridgehead atoms. The number of carboxylic acids is 1. The van der Waals surface area contributed by atoms with Crippen molar-refractivity contribution in [3.63, 3.8) is 0 Å². The number of nitrogens with zero attached hydrogens (tertiary/aromatic N) is 2. The molecule has 0 atom stereocenters. The van der Waals surface area contributed by atoms with Crippen molar-refractivity contribution in [2.24, 2.45) is 0 Å². The molecule has 1 heterocycles. The number of rotatable bonds is 9. The Kier molecular flexibility index (Phi) is 9.70. The summed E-state index contributed by atoms with van der Waals surface area (Å²) in [4.78, 5) is 28.9. The fourth-order valence-corrected chi connectivity index (χ4v) is 4.51. The van der Waals surface area contributed by atoms with Crippen molar-refractivity contribution in [2.45, 2.75) is 36.8 Å². The monoisotopic (exact) mass is 605 g/mol. The second kappa shape index (κ2) is 12.5. The zero-order valence-electron chi connectivity index (χ0n) is 20.6. The summed E-state index contributed by atoms with van der Waals surface area (Å²) in [5.74, 6) is -0.317. The van der Waals surface area contributed by atoms with E-state index in [9.17, 15) is 9.59 Å². The molecule has 0 unspecified atom stereocenters. The molecule has 2 N–H and O–H groups in total. The summed E-state index contributed by atoms with van der Waals surface area (Å²) < 4.78 is 11.4. The Morgan fingerprint density at radius 2 is 1.69 bits per heavy atom. The van der Waals surface area contributed by atoms with Crippen molar-refractivity contribution >= 4 is 34.5 Å². The number of amides is 1. The maximum atomic E-state index is 13.7. The molecule has 2 aromatic rings. The number of hydrogen-bond acceptors (Lipinski definition) is 6. The first-order valence-corrected chi connectivity index (χ1v) is 14.0. The number of aromatic carboxylic acids is 1. The van der Waals surface area contributed by atoms with Gasteiger partial charge in [-0.2, -0.15) is 5.26 Å². The first-order chi connectivity index (χ1) is 17.4. The first kappa shape index (κ1) is 27.9. The Morgan fingerprint density at radius 1 is 1.08 bits per heavy atom. The molecule has 1 aliphatic carbocycles. The highest BCUT2D eigenvalue weighted by Crippen LogP contribution is 2.46. The van der Waals surface area contributed by atoms with Crippen LogP contribution in [0.2, 0.25) is 0 Å². The van der Waals surface area contributed by atoms with Crippen LogP contribution in [-0.4, -0.2) is 65.8 Å². The van der Waals surface area contributed by atoms with Gasteiger partial charge in [-0.3, -0.25) is 9.69 Å². The minimum absolute atomic E-state index is 0.0310. The van der Waals surface area contributed by atoms with Gasteiger partial charge in [-0.05, 0) is 79.6 Å². The topological polar surface area (TPSA) is 112 Å². The molecular weight excluding hydrogens is 573 g/mol. The summed E-state index contributed by atoms with van der Waals surface area (Å²) in [6.07, 6.45) is 2.81. The van der Waals surface area contributed by atoms with Gasteiger partial charge in [0.15, 0.2) is 0 Å². The van der Waals surface area contributed by atoms with Crippen LogP contribution in [0.15, 0.2) is 48.5 Å². The van der Waals surface area contributed by atoms with Gasteiger partial charge in [0, 0.05) is 19.8 Å². The second-order valence-corrected chi connectivity index (χ2v) is 8.97. The maximum absolute atomic E-state index is 13.7. The summed E-state index contributed by atoms with van der Waals surface area (Å²) in [5, 5.41) is 21.4. The van der Waals surface area contributed by atoms with Gasteiger partial charge < -0.3 is 19.9 Å². The highest BCUT2D eigenvalue weighted by molar-refractivity contribution is 14.1. The van der Waals surface area contributed by atoms with Gasteiger partial charge in [0.2, 0.25) is 5.91 Å². The molecule has 1 saturated carbocycles. The quantitative estimate of drug-likeness (QED) is 0.329. The zero-order valence-corrected chi connectivity index (χ0v) is 22.8. The summed E-state index contributed by atoms with van der Waals surface area (Å²) in [7, 11) is 1.94. The highest BCUT2D eigenvalue weighted by atomic mass is 127. The number of nitriles is 1. The molecule has 192 valence electrons. The van der Waals surface area contributed by atoms with E-state index in [4.69, 9.17) is 19.8 Å². The SMILES string of the molecule is CI.CN(CCOc1ccc(C#N)cc1)C1(C(=O)NC2(c3ccc(C(=O)O)cc3)CC2)CCOCC1. The summed E-state index contributed by atoms with van der Waals surface area (Å²) in [6.45, 7) is 1.97. The van der Waals surface area contributed by atoms with Gasteiger partial charge in [0.1, 0.15) is 17.9 Å². The molecule has 36 heavy (non-hydrogen) atoms. The maximum Gasteiger partial charge on any atom is 0.335 e. The van der Waals surface area contributed by atoms with Crippen molar-refractivity contribution in [1.29, 1.82) is 5.26 Å². The van der Waals surface area contributed by atoms with E-state index in [1.807, 2.05) is 12.0 Å². The Morgan fingerprint density at radius 3 is 2.22 bits per heavy atom. The summed E-state index contributed by atoms with van der Waals surface area (Å²) in [5.41, 5.74) is 0.588. The van der Waals surface area contributed by atoms with Crippen LogP contribution >= 0.6 is 22.6 Å². The van der Waals surface area contributed by atoms with E-state index >= 15 is 0 Å². The number of alkyl halides is 1. The van der Waals surface area contributed by atoms with Crippen LogP contribution in [0.25, 0.3) is 0 Å². The van der Waals surface area contributed by atoms with E-state index in [0.29, 0.717) is 50.5 Å². The lowest BCUT2D eigenvalue weighted by Gasteiger charge is -2.43. The van der Waals surface area contributed by atoms with E-state index in [1.54, 1.807) is 48.5 Å². The largest absolute Gasteiger partial charge is 0.492 e. The van der Waals surface area contributed by atoms with Crippen LogP contribution in [0.1, 0.15) is 47.2 Å². The van der Waals surface area contributed by atoms with Crippen molar-refractivity contribution in [3.05, 3.63) is 65.2 Å². The first-order valence-electron chi connectivity index (χ1n) is 11.8. The van der Waals surface area contributed by atoms with Crippen molar-refractivity contribution in [3.8, 4) is 11.8 Å². The number of benzene rings is 2. The minimum atomic E-state index is -0.966. The van der Waals surface area contributed by atoms with Gasteiger partial charge in [-0.25, -0.2) is 4.79 Å². The zero-order chi connectivity index (χ0) is 26.2.